The van der Waals surface area contributed by atoms with E-state index in [0.717, 1.165) is 16.9 Å². The first-order valence-corrected chi connectivity index (χ1v) is 9.81. The number of amides is 1. The fourth-order valence-electron chi connectivity index (χ4n) is 3.05. The van der Waals surface area contributed by atoms with Crippen LogP contribution in [-0.2, 0) is 11.3 Å². The van der Waals surface area contributed by atoms with Crippen molar-refractivity contribution in [1.29, 1.82) is 0 Å². The van der Waals surface area contributed by atoms with Crippen LogP contribution in [0.5, 0.6) is 0 Å². The highest BCUT2D eigenvalue weighted by Gasteiger charge is 2.34. The molecule has 2 heterocycles. The molecule has 2 aromatic rings. The Morgan fingerprint density at radius 3 is 2.57 bits per heavy atom. The van der Waals surface area contributed by atoms with Gasteiger partial charge in [-0.3, -0.25) is 4.99 Å². The van der Waals surface area contributed by atoms with Gasteiger partial charge in [0.2, 0.25) is 0 Å². The summed E-state index contributed by atoms with van der Waals surface area (Å²) in [4.78, 5) is 18.0. The van der Waals surface area contributed by atoms with E-state index < -0.39 is 5.60 Å². The molecule has 1 amide bonds. The van der Waals surface area contributed by atoms with Crippen molar-refractivity contribution in [2.24, 2.45) is 4.99 Å². The van der Waals surface area contributed by atoms with E-state index in [4.69, 9.17) is 4.74 Å². The SMILES string of the molecule is CN=C(NCc1ccccc1-n1ccc(C)n1)NC1CN(C(=O)OC(C)(C)C)C1.I. The van der Waals surface area contributed by atoms with Gasteiger partial charge in [0.15, 0.2) is 5.96 Å². The van der Waals surface area contributed by atoms with Crippen molar-refractivity contribution < 1.29 is 9.53 Å². The van der Waals surface area contributed by atoms with Crippen molar-refractivity contribution in [1.82, 2.24) is 25.3 Å². The molecule has 1 aliphatic rings. The van der Waals surface area contributed by atoms with Crippen LogP contribution >= 0.6 is 24.0 Å². The number of para-hydroxylation sites is 1. The molecule has 0 radical (unpaired) electrons. The normalized spacial score (nSPS) is 14.6. The molecular weight excluding hydrogens is 495 g/mol. The summed E-state index contributed by atoms with van der Waals surface area (Å²) >= 11 is 0. The van der Waals surface area contributed by atoms with Crippen molar-refractivity contribution in [3.8, 4) is 5.69 Å². The Labute approximate surface area is 195 Å². The van der Waals surface area contributed by atoms with E-state index in [0.29, 0.717) is 25.6 Å². The van der Waals surface area contributed by atoms with E-state index >= 15 is 0 Å². The van der Waals surface area contributed by atoms with Gasteiger partial charge in [0, 0.05) is 32.9 Å². The van der Waals surface area contributed by atoms with Crippen LogP contribution in [0.4, 0.5) is 4.79 Å². The molecule has 1 saturated heterocycles. The number of likely N-dealkylation sites (tertiary alicyclic amines) is 1. The average molecular weight is 526 g/mol. The van der Waals surface area contributed by atoms with Crippen molar-refractivity contribution in [2.45, 2.75) is 45.9 Å². The molecule has 0 bridgehead atoms. The number of hydrogen-bond donors (Lipinski definition) is 2. The van der Waals surface area contributed by atoms with Crippen LogP contribution in [0, 0.1) is 6.92 Å². The molecule has 0 saturated carbocycles. The third-order valence-electron chi connectivity index (χ3n) is 4.50. The maximum absolute atomic E-state index is 12.0. The molecule has 9 heteroatoms. The predicted molar refractivity (Wildman–Crippen MR) is 129 cm³/mol. The average Bonchev–Trinajstić information content (AvgIpc) is 3.05. The number of guanidine groups is 1. The molecule has 0 atom stereocenters. The number of hydrogen-bond acceptors (Lipinski definition) is 4. The van der Waals surface area contributed by atoms with Crippen LogP contribution in [-0.4, -0.2) is 58.5 Å². The highest BCUT2D eigenvalue weighted by atomic mass is 127. The number of halogens is 1. The summed E-state index contributed by atoms with van der Waals surface area (Å²) in [5.41, 5.74) is 2.64. The number of aliphatic imine (C=N–C) groups is 1. The van der Waals surface area contributed by atoms with Crippen molar-refractivity contribution in [3.63, 3.8) is 0 Å². The predicted octanol–water partition coefficient (Wildman–Crippen LogP) is 3.08. The summed E-state index contributed by atoms with van der Waals surface area (Å²) in [5, 5.41) is 11.2. The van der Waals surface area contributed by atoms with E-state index in [9.17, 15) is 4.79 Å². The minimum absolute atomic E-state index is 0. The van der Waals surface area contributed by atoms with Gasteiger partial charge in [0.25, 0.3) is 0 Å². The van der Waals surface area contributed by atoms with Crippen LogP contribution in [0.3, 0.4) is 0 Å². The zero-order valence-electron chi connectivity index (χ0n) is 18.2. The van der Waals surface area contributed by atoms with E-state index in [2.05, 4.69) is 26.8 Å². The second kappa shape index (κ2) is 10.1. The topological polar surface area (TPSA) is 83.8 Å². The molecule has 0 unspecified atom stereocenters. The number of nitrogens with zero attached hydrogens (tertiary/aromatic N) is 4. The van der Waals surface area contributed by atoms with Gasteiger partial charge in [-0.1, -0.05) is 18.2 Å². The Bertz CT molecular complexity index is 884. The van der Waals surface area contributed by atoms with Gasteiger partial charge < -0.3 is 20.3 Å². The van der Waals surface area contributed by atoms with Crippen LogP contribution in [0.15, 0.2) is 41.5 Å². The lowest BCUT2D eigenvalue weighted by molar-refractivity contribution is 0.00701. The number of carbonyl (C=O) groups excluding carboxylic acids is 1. The summed E-state index contributed by atoms with van der Waals surface area (Å²) in [6.45, 7) is 9.38. The Morgan fingerprint density at radius 1 is 1.27 bits per heavy atom. The third-order valence-corrected chi connectivity index (χ3v) is 4.50. The van der Waals surface area contributed by atoms with Gasteiger partial charge in [0.05, 0.1) is 17.4 Å². The molecule has 30 heavy (non-hydrogen) atoms. The monoisotopic (exact) mass is 526 g/mol. The van der Waals surface area contributed by atoms with Crippen molar-refractivity contribution in [3.05, 3.63) is 47.8 Å². The Kier molecular flexibility index (Phi) is 8.10. The summed E-state index contributed by atoms with van der Waals surface area (Å²) < 4.78 is 7.27. The zero-order valence-corrected chi connectivity index (χ0v) is 20.5. The molecule has 0 spiro atoms. The second-order valence-corrected chi connectivity index (χ2v) is 8.18. The number of carbonyl (C=O) groups is 1. The van der Waals surface area contributed by atoms with Gasteiger partial charge in [-0.15, -0.1) is 24.0 Å². The van der Waals surface area contributed by atoms with Gasteiger partial charge in [-0.05, 0) is 45.4 Å². The molecule has 1 aromatic heterocycles. The molecule has 164 valence electrons. The molecule has 0 aliphatic carbocycles. The molecular formula is C21H31IN6O2. The van der Waals surface area contributed by atoms with Crippen LogP contribution in [0.2, 0.25) is 0 Å². The largest absolute Gasteiger partial charge is 0.444 e. The lowest BCUT2D eigenvalue weighted by Gasteiger charge is -2.40. The highest BCUT2D eigenvalue weighted by molar-refractivity contribution is 14.0. The second-order valence-electron chi connectivity index (χ2n) is 8.18. The first kappa shape index (κ1) is 24.0. The quantitative estimate of drug-likeness (QED) is 0.364. The van der Waals surface area contributed by atoms with E-state index in [1.165, 1.54) is 0 Å². The number of rotatable bonds is 4. The molecule has 8 nitrogen and oxygen atoms in total. The minimum atomic E-state index is -0.478. The maximum atomic E-state index is 12.0. The smallest absolute Gasteiger partial charge is 0.410 e. The molecule has 1 aromatic carbocycles. The van der Waals surface area contributed by atoms with E-state index in [1.54, 1.807) is 11.9 Å². The zero-order chi connectivity index (χ0) is 21.0. The standard InChI is InChI=1S/C21H30N6O2.HI/c1-15-10-11-27(25-15)18-9-7-6-8-16(18)12-23-19(22-5)24-17-13-26(14-17)20(28)29-21(2,3)4;/h6-11,17H,12-14H2,1-5H3,(H2,22,23,24);1H. The van der Waals surface area contributed by atoms with Crippen molar-refractivity contribution >= 4 is 36.0 Å². The number of aromatic nitrogens is 2. The Balaban J connectivity index is 0.00000320. The fraction of sp³-hybridized carbons (Fsp3) is 0.476. The van der Waals surface area contributed by atoms with Gasteiger partial charge >= 0.3 is 6.09 Å². The highest BCUT2D eigenvalue weighted by Crippen LogP contribution is 2.16. The molecule has 1 aliphatic heterocycles. The summed E-state index contributed by atoms with van der Waals surface area (Å²) in [5.74, 6) is 0.699. The van der Waals surface area contributed by atoms with Gasteiger partial charge in [-0.25, -0.2) is 9.48 Å². The van der Waals surface area contributed by atoms with Crippen LogP contribution < -0.4 is 10.6 Å². The van der Waals surface area contributed by atoms with Crippen LogP contribution in [0.25, 0.3) is 5.69 Å². The number of nitrogens with one attached hydrogen (secondary N) is 2. The van der Waals surface area contributed by atoms with Gasteiger partial charge in [-0.2, -0.15) is 5.10 Å². The number of ether oxygens (including phenoxy) is 1. The molecule has 3 rings (SSSR count). The lowest BCUT2D eigenvalue weighted by Crippen LogP contribution is -2.63. The first-order valence-electron chi connectivity index (χ1n) is 9.81. The van der Waals surface area contributed by atoms with Crippen molar-refractivity contribution in [2.75, 3.05) is 20.1 Å². The van der Waals surface area contributed by atoms with Gasteiger partial charge in [0.1, 0.15) is 5.60 Å². The summed E-state index contributed by atoms with van der Waals surface area (Å²) in [6.07, 6.45) is 1.68. The first-order chi connectivity index (χ1) is 13.7. The minimum Gasteiger partial charge on any atom is -0.444 e. The molecule has 1 fully saturated rings. The van der Waals surface area contributed by atoms with E-state index in [-0.39, 0.29) is 36.1 Å². The van der Waals surface area contributed by atoms with Crippen LogP contribution in [0.1, 0.15) is 32.0 Å². The third kappa shape index (κ3) is 6.35. The molecule has 2 N–H and O–H groups in total. The lowest BCUT2D eigenvalue weighted by atomic mass is 10.1. The maximum Gasteiger partial charge on any atom is 0.410 e. The summed E-state index contributed by atoms with van der Waals surface area (Å²) in [6, 6.07) is 10.3. The Hall–Kier alpha value is -2.30. The summed E-state index contributed by atoms with van der Waals surface area (Å²) in [7, 11) is 1.74. The fourth-order valence-corrected chi connectivity index (χ4v) is 3.05. The Morgan fingerprint density at radius 2 is 1.97 bits per heavy atom. The van der Waals surface area contributed by atoms with E-state index in [1.807, 2.05) is 62.8 Å². The number of benzene rings is 1. The number of aryl methyl sites for hydroxylation is 1.